The summed E-state index contributed by atoms with van der Waals surface area (Å²) < 4.78 is 5.32. The molecular formula is C23H25N3O3S. The Hall–Kier alpha value is -3.19. The number of nitrogens with one attached hydrogen (secondary N) is 2. The van der Waals surface area contributed by atoms with Crippen molar-refractivity contribution in [1.29, 1.82) is 0 Å². The van der Waals surface area contributed by atoms with Gasteiger partial charge in [-0.1, -0.05) is 18.2 Å². The Bertz CT molecular complexity index is 965. The first kappa shape index (κ1) is 21.5. The Balaban J connectivity index is 1.69. The van der Waals surface area contributed by atoms with Gasteiger partial charge in [-0.3, -0.25) is 9.78 Å². The van der Waals surface area contributed by atoms with E-state index in [-0.39, 0.29) is 5.91 Å². The zero-order chi connectivity index (χ0) is 21.6. The predicted molar refractivity (Wildman–Crippen MR) is 119 cm³/mol. The second-order valence-corrected chi connectivity index (χ2v) is 8.82. The molecule has 0 saturated carbocycles. The number of ether oxygens (including phenoxy) is 1. The predicted octanol–water partition coefficient (Wildman–Crippen LogP) is 4.88. The number of aromatic nitrogens is 1. The second-order valence-electron chi connectivity index (χ2n) is 7.78. The van der Waals surface area contributed by atoms with E-state index in [1.54, 1.807) is 33.2 Å². The molecule has 156 valence electrons. The van der Waals surface area contributed by atoms with E-state index in [1.165, 1.54) is 11.3 Å². The van der Waals surface area contributed by atoms with E-state index in [0.717, 1.165) is 16.0 Å². The van der Waals surface area contributed by atoms with E-state index >= 15 is 0 Å². The fraction of sp³-hybridized carbons (Fsp3) is 0.261. The summed E-state index contributed by atoms with van der Waals surface area (Å²) in [5.41, 5.74) is 2.08. The molecule has 0 bridgehead atoms. The molecule has 3 rings (SSSR count). The number of nitrogens with zero attached hydrogens (tertiary/aromatic N) is 1. The summed E-state index contributed by atoms with van der Waals surface area (Å²) in [6.07, 6.45) is 3.25. The largest absolute Gasteiger partial charge is 0.444 e. The SMILES string of the molecule is CC(C)(C)OC(=O)N[C@H](Cc1cccs1)C(=O)Nc1ccc(-c2ccncc2)cc1. The van der Waals surface area contributed by atoms with Crippen molar-refractivity contribution in [3.05, 3.63) is 71.2 Å². The van der Waals surface area contributed by atoms with Crippen LogP contribution in [0.4, 0.5) is 10.5 Å². The van der Waals surface area contributed by atoms with Crippen molar-refractivity contribution in [1.82, 2.24) is 10.3 Å². The zero-order valence-corrected chi connectivity index (χ0v) is 18.0. The second kappa shape index (κ2) is 9.54. The molecule has 1 atom stereocenters. The van der Waals surface area contributed by atoms with Crippen LogP contribution in [-0.4, -0.2) is 28.6 Å². The number of hydrogen-bond donors (Lipinski definition) is 2. The highest BCUT2D eigenvalue weighted by Gasteiger charge is 2.25. The van der Waals surface area contributed by atoms with E-state index in [2.05, 4.69) is 15.6 Å². The lowest BCUT2D eigenvalue weighted by Gasteiger charge is -2.23. The highest BCUT2D eigenvalue weighted by atomic mass is 32.1. The van der Waals surface area contributed by atoms with Crippen LogP contribution in [0.15, 0.2) is 66.3 Å². The normalized spacial score (nSPS) is 12.1. The molecule has 2 amide bonds. The Kier molecular flexibility index (Phi) is 6.84. The van der Waals surface area contributed by atoms with E-state index in [9.17, 15) is 9.59 Å². The van der Waals surface area contributed by atoms with Gasteiger partial charge in [-0.25, -0.2) is 4.79 Å². The first-order valence-electron chi connectivity index (χ1n) is 9.63. The number of hydrogen-bond acceptors (Lipinski definition) is 5. The number of carbonyl (C=O) groups excluding carboxylic acids is 2. The molecule has 6 nitrogen and oxygen atoms in total. The number of benzene rings is 1. The molecule has 0 saturated heterocycles. The van der Waals surface area contributed by atoms with E-state index in [0.29, 0.717) is 12.1 Å². The topological polar surface area (TPSA) is 80.3 Å². The monoisotopic (exact) mass is 423 g/mol. The minimum absolute atomic E-state index is 0.300. The van der Waals surface area contributed by atoms with Crippen LogP contribution in [0.3, 0.4) is 0 Å². The Morgan fingerprint density at radius 2 is 1.70 bits per heavy atom. The minimum Gasteiger partial charge on any atom is -0.444 e. The summed E-state index contributed by atoms with van der Waals surface area (Å²) in [7, 11) is 0. The van der Waals surface area contributed by atoms with Gasteiger partial charge in [-0.2, -0.15) is 0 Å². The van der Waals surface area contributed by atoms with Crippen LogP contribution in [0, 0.1) is 0 Å². The third-order valence-corrected chi connectivity index (χ3v) is 5.06. The lowest BCUT2D eigenvalue weighted by molar-refractivity contribution is -0.118. The van der Waals surface area contributed by atoms with Gasteiger partial charge >= 0.3 is 6.09 Å². The number of amides is 2. The van der Waals surface area contributed by atoms with Crippen molar-refractivity contribution >= 4 is 29.0 Å². The maximum atomic E-state index is 12.9. The highest BCUT2D eigenvalue weighted by molar-refractivity contribution is 7.09. The van der Waals surface area contributed by atoms with Crippen LogP contribution in [0.5, 0.6) is 0 Å². The van der Waals surface area contributed by atoms with Crippen molar-refractivity contribution in [2.75, 3.05) is 5.32 Å². The number of pyridine rings is 1. The van der Waals surface area contributed by atoms with Crippen LogP contribution in [-0.2, 0) is 16.0 Å². The van der Waals surface area contributed by atoms with Crippen LogP contribution in [0.25, 0.3) is 11.1 Å². The third kappa shape index (κ3) is 6.42. The number of alkyl carbamates (subject to hydrolysis) is 1. The van der Waals surface area contributed by atoms with Crippen LogP contribution >= 0.6 is 11.3 Å². The average Bonchev–Trinajstić information content (AvgIpc) is 3.20. The van der Waals surface area contributed by atoms with Gasteiger partial charge in [-0.05, 0) is 67.6 Å². The molecule has 3 aromatic rings. The fourth-order valence-corrected chi connectivity index (χ4v) is 3.56. The van der Waals surface area contributed by atoms with Crippen LogP contribution in [0.2, 0.25) is 0 Å². The summed E-state index contributed by atoms with van der Waals surface area (Å²) in [5, 5.41) is 7.52. The quantitative estimate of drug-likeness (QED) is 0.592. The number of thiophene rings is 1. The lowest BCUT2D eigenvalue weighted by atomic mass is 10.1. The van der Waals surface area contributed by atoms with Gasteiger partial charge in [0.2, 0.25) is 5.91 Å². The number of rotatable bonds is 6. The standard InChI is InChI=1S/C23H25N3O3S/c1-23(2,3)29-22(28)26-20(15-19-5-4-14-30-19)21(27)25-18-8-6-16(7-9-18)17-10-12-24-13-11-17/h4-14,20H,15H2,1-3H3,(H,25,27)(H,26,28)/t20-/m1/s1. The molecule has 0 aliphatic rings. The van der Waals surface area contributed by atoms with Gasteiger partial charge in [0.25, 0.3) is 0 Å². The molecule has 0 aliphatic heterocycles. The summed E-state index contributed by atoms with van der Waals surface area (Å²) in [4.78, 5) is 30.2. The minimum atomic E-state index is -0.752. The summed E-state index contributed by atoms with van der Waals surface area (Å²) in [5.74, 6) is -0.300. The highest BCUT2D eigenvalue weighted by Crippen LogP contribution is 2.21. The molecule has 7 heteroatoms. The van der Waals surface area contributed by atoms with E-state index in [4.69, 9.17) is 4.74 Å². The molecular weight excluding hydrogens is 398 g/mol. The van der Waals surface area contributed by atoms with E-state index in [1.807, 2.05) is 53.9 Å². The average molecular weight is 424 g/mol. The van der Waals surface area contributed by atoms with Crippen LogP contribution in [0.1, 0.15) is 25.6 Å². The van der Waals surface area contributed by atoms with Crippen LogP contribution < -0.4 is 10.6 Å². The molecule has 0 fully saturated rings. The molecule has 30 heavy (non-hydrogen) atoms. The Morgan fingerprint density at radius 3 is 2.30 bits per heavy atom. The molecule has 2 aromatic heterocycles. The van der Waals surface area contributed by atoms with Gasteiger partial charge in [-0.15, -0.1) is 11.3 Å². The number of carbonyl (C=O) groups is 2. The van der Waals surface area contributed by atoms with Gasteiger partial charge in [0.05, 0.1) is 0 Å². The van der Waals surface area contributed by atoms with Crippen molar-refractivity contribution in [3.63, 3.8) is 0 Å². The van der Waals surface area contributed by atoms with Gasteiger partial charge in [0, 0.05) is 29.4 Å². The lowest BCUT2D eigenvalue weighted by Crippen LogP contribution is -2.46. The summed E-state index contributed by atoms with van der Waals surface area (Å²) in [6.45, 7) is 5.35. The Morgan fingerprint density at radius 1 is 1.03 bits per heavy atom. The van der Waals surface area contributed by atoms with Crippen molar-refractivity contribution < 1.29 is 14.3 Å². The maximum Gasteiger partial charge on any atom is 0.408 e. The zero-order valence-electron chi connectivity index (χ0n) is 17.2. The summed E-state index contributed by atoms with van der Waals surface area (Å²) in [6, 6.07) is 14.5. The smallest absolute Gasteiger partial charge is 0.408 e. The first-order chi connectivity index (χ1) is 14.3. The van der Waals surface area contributed by atoms with Crippen molar-refractivity contribution in [3.8, 4) is 11.1 Å². The van der Waals surface area contributed by atoms with Gasteiger partial charge in [0.1, 0.15) is 11.6 Å². The summed E-state index contributed by atoms with van der Waals surface area (Å²) >= 11 is 1.54. The molecule has 1 aromatic carbocycles. The Labute approximate surface area is 180 Å². The van der Waals surface area contributed by atoms with Gasteiger partial charge in [0.15, 0.2) is 0 Å². The molecule has 2 N–H and O–H groups in total. The molecule has 2 heterocycles. The molecule has 0 radical (unpaired) electrons. The number of anilines is 1. The van der Waals surface area contributed by atoms with Crippen molar-refractivity contribution in [2.24, 2.45) is 0 Å². The van der Waals surface area contributed by atoms with Crippen molar-refractivity contribution in [2.45, 2.75) is 38.8 Å². The maximum absolute atomic E-state index is 12.9. The molecule has 0 spiro atoms. The first-order valence-corrected chi connectivity index (χ1v) is 10.5. The third-order valence-electron chi connectivity index (χ3n) is 4.16. The fourth-order valence-electron chi connectivity index (χ4n) is 2.81. The van der Waals surface area contributed by atoms with E-state index < -0.39 is 17.7 Å². The molecule has 0 aliphatic carbocycles. The molecule has 0 unspecified atom stereocenters. The van der Waals surface area contributed by atoms with Gasteiger partial charge < -0.3 is 15.4 Å².